The molecule has 0 saturated carbocycles. The van der Waals surface area contributed by atoms with Crippen molar-refractivity contribution in [3.63, 3.8) is 0 Å². The number of carbonyl (C=O) groups is 2. The highest BCUT2D eigenvalue weighted by Gasteiger charge is 2.31. The first-order valence-corrected chi connectivity index (χ1v) is 7.45. The Kier molecular flexibility index (Phi) is 5.44. The summed E-state index contributed by atoms with van der Waals surface area (Å²) in [7, 11) is 0. The lowest BCUT2D eigenvalue weighted by atomic mass is 10.0. The summed E-state index contributed by atoms with van der Waals surface area (Å²) in [6.07, 6.45) is 1.79. The minimum Gasteiger partial charge on any atom is -0.465 e. The number of urea groups is 1. The van der Waals surface area contributed by atoms with Crippen molar-refractivity contribution in [2.24, 2.45) is 0 Å². The van der Waals surface area contributed by atoms with Crippen molar-refractivity contribution in [1.29, 1.82) is 0 Å². The van der Waals surface area contributed by atoms with Crippen LogP contribution in [0.1, 0.15) is 31.4 Å². The highest BCUT2D eigenvalue weighted by molar-refractivity contribution is 6.31. The van der Waals surface area contributed by atoms with Gasteiger partial charge in [0.25, 0.3) is 0 Å². The second kappa shape index (κ2) is 7.31. The average Bonchev–Trinajstić information content (AvgIpc) is 2.95. The van der Waals surface area contributed by atoms with Gasteiger partial charge < -0.3 is 15.0 Å². The molecule has 1 heterocycles. The lowest BCUT2D eigenvalue weighted by Crippen LogP contribution is -2.42. The number of esters is 1. The summed E-state index contributed by atoms with van der Waals surface area (Å²) in [5, 5.41) is 3.26. The van der Waals surface area contributed by atoms with Crippen molar-refractivity contribution in [3.8, 4) is 0 Å². The monoisotopic (exact) mass is 310 g/mol. The summed E-state index contributed by atoms with van der Waals surface area (Å²) >= 11 is 6.21. The number of hydrogen-bond acceptors (Lipinski definition) is 3. The van der Waals surface area contributed by atoms with Gasteiger partial charge in [-0.3, -0.25) is 4.79 Å². The van der Waals surface area contributed by atoms with Gasteiger partial charge in [0.05, 0.1) is 12.6 Å². The molecule has 1 aliphatic heterocycles. The smallest absolute Gasteiger partial charge is 0.325 e. The number of benzene rings is 1. The molecule has 5 nitrogen and oxygen atoms in total. The molecule has 2 amide bonds. The third kappa shape index (κ3) is 3.88. The van der Waals surface area contributed by atoms with E-state index in [0.29, 0.717) is 18.2 Å². The number of hydrogen-bond donors (Lipinski definition) is 1. The molecule has 0 radical (unpaired) electrons. The Bertz CT molecular complexity index is 521. The van der Waals surface area contributed by atoms with E-state index in [0.717, 1.165) is 18.4 Å². The van der Waals surface area contributed by atoms with Crippen LogP contribution >= 0.6 is 11.6 Å². The van der Waals surface area contributed by atoms with Crippen LogP contribution in [-0.2, 0) is 9.53 Å². The van der Waals surface area contributed by atoms with Crippen LogP contribution in [0.5, 0.6) is 0 Å². The number of halogens is 1. The summed E-state index contributed by atoms with van der Waals surface area (Å²) in [5.41, 5.74) is 0.947. The van der Waals surface area contributed by atoms with Crippen molar-refractivity contribution >= 4 is 23.6 Å². The molecule has 1 aromatic carbocycles. The first-order chi connectivity index (χ1) is 10.1. The maximum absolute atomic E-state index is 12.2. The fraction of sp³-hybridized carbons (Fsp3) is 0.467. The fourth-order valence-corrected chi connectivity index (χ4v) is 2.80. The van der Waals surface area contributed by atoms with Crippen LogP contribution in [0.25, 0.3) is 0 Å². The highest BCUT2D eigenvalue weighted by Crippen LogP contribution is 2.35. The molecule has 1 aliphatic rings. The summed E-state index contributed by atoms with van der Waals surface area (Å²) < 4.78 is 4.79. The second-order valence-electron chi connectivity index (χ2n) is 4.84. The van der Waals surface area contributed by atoms with Gasteiger partial charge in [-0.1, -0.05) is 29.8 Å². The lowest BCUT2D eigenvalue weighted by molar-refractivity contribution is -0.141. The normalized spacial score (nSPS) is 17.6. The van der Waals surface area contributed by atoms with Crippen LogP contribution in [0.4, 0.5) is 4.79 Å². The SMILES string of the molecule is CCOC(=O)CNC(=O)N1CCCC1c1ccccc1Cl. The molecule has 1 saturated heterocycles. The quantitative estimate of drug-likeness (QED) is 0.870. The summed E-state index contributed by atoms with van der Waals surface area (Å²) in [4.78, 5) is 25.2. The van der Waals surface area contributed by atoms with Crippen molar-refractivity contribution in [1.82, 2.24) is 10.2 Å². The Labute approximate surface area is 129 Å². The van der Waals surface area contributed by atoms with Gasteiger partial charge in [-0.25, -0.2) is 4.79 Å². The van der Waals surface area contributed by atoms with Crippen molar-refractivity contribution in [3.05, 3.63) is 34.9 Å². The van der Waals surface area contributed by atoms with Crippen molar-refractivity contribution < 1.29 is 14.3 Å². The molecule has 21 heavy (non-hydrogen) atoms. The number of nitrogens with one attached hydrogen (secondary N) is 1. The Balaban J connectivity index is 2.00. The highest BCUT2D eigenvalue weighted by atomic mass is 35.5. The molecule has 0 aliphatic carbocycles. The van der Waals surface area contributed by atoms with E-state index >= 15 is 0 Å². The number of rotatable bonds is 4. The Morgan fingerprint density at radius 2 is 2.19 bits per heavy atom. The molecular weight excluding hydrogens is 292 g/mol. The molecule has 114 valence electrons. The largest absolute Gasteiger partial charge is 0.465 e. The molecular formula is C15H19ClN2O3. The minimum atomic E-state index is -0.431. The van der Waals surface area contributed by atoms with Gasteiger partial charge in [-0.15, -0.1) is 0 Å². The second-order valence-corrected chi connectivity index (χ2v) is 5.24. The molecule has 1 aromatic rings. The van der Waals surface area contributed by atoms with Crippen LogP contribution in [0.2, 0.25) is 5.02 Å². The zero-order valence-electron chi connectivity index (χ0n) is 12.0. The standard InChI is InChI=1S/C15H19ClN2O3/c1-2-21-14(19)10-17-15(20)18-9-5-8-13(18)11-6-3-4-7-12(11)16/h3-4,6-7,13H,2,5,8-10H2,1H3,(H,17,20). The van der Waals surface area contributed by atoms with Crippen LogP contribution in [0, 0.1) is 0 Å². The average molecular weight is 311 g/mol. The maximum atomic E-state index is 12.2. The van der Waals surface area contributed by atoms with Gasteiger partial charge in [-0.05, 0) is 31.4 Å². The predicted molar refractivity (Wildman–Crippen MR) is 80.2 cm³/mol. The molecule has 1 unspecified atom stereocenters. The van der Waals surface area contributed by atoms with E-state index in [2.05, 4.69) is 5.32 Å². The summed E-state index contributed by atoms with van der Waals surface area (Å²) in [6, 6.07) is 7.24. The van der Waals surface area contributed by atoms with E-state index in [1.807, 2.05) is 24.3 Å². The van der Waals surface area contributed by atoms with Crippen LogP contribution in [0.15, 0.2) is 24.3 Å². The van der Waals surface area contributed by atoms with Crippen LogP contribution < -0.4 is 5.32 Å². The Hall–Kier alpha value is -1.75. The summed E-state index contributed by atoms with van der Waals surface area (Å²) in [6.45, 7) is 2.58. The number of nitrogens with zero attached hydrogens (tertiary/aromatic N) is 1. The van der Waals surface area contributed by atoms with E-state index in [1.54, 1.807) is 11.8 Å². The zero-order chi connectivity index (χ0) is 15.2. The van der Waals surface area contributed by atoms with Gasteiger partial charge in [0, 0.05) is 11.6 Å². The van der Waals surface area contributed by atoms with E-state index in [-0.39, 0.29) is 18.6 Å². The van der Waals surface area contributed by atoms with Crippen molar-refractivity contribution in [2.45, 2.75) is 25.8 Å². The van der Waals surface area contributed by atoms with Gasteiger partial charge in [0.15, 0.2) is 0 Å². The first kappa shape index (κ1) is 15.6. The number of carbonyl (C=O) groups excluding carboxylic acids is 2. The molecule has 0 spiro atoms. The summed E-state index contributed by atoms with van der Waals surface area (Å²) in [5.74, 6) is -0.431. The first-order valence-electron chi connectivity index (χ1n) is 7.08. The Morgan fingerprint density at radius 1 is 1.43 bits per heavy atom. The van der Waals surface area contributed by atoms with Crippen molar-refractivity contribution in [2.75, 3.05) is 19.7 Å². The third-order valence-electron chi connectivity index (χ3n) is 3.47. The molecule has 2 rings (SSSR count). The number of likely N-dealkylation sites (tertiary alicyclic amines) is 1. The molecule has 6 heteroatoms. The van der Waals surface area contributed by atoms with E-state index in [1.165, 1.54) is 0 Å². The van der Waals surface area contributed by atoms with E-state index in [4.69, 9.17) is 16.3 Å². The Morgan fingerprint density at radius 3 is 2.90 bits per heavy atom. The molecule has 0 bridgehead atoms. The molecule has 0 aromatic heterocycles. The van der Waals surface area contributed by atoms with Gasteiger partial charge in [-0.2, -0.15) is 0 Å². The maximum Gasteiger partial charge on any atom is 0.325 e. The predicted octanol–water partition coefficient (Wildman–Crippen LogP) is 2.75. The minimum absolute atomic E-state index is 0.0408. The number of amides is 2. The fourth-order valence-electron chi connectivity index (χ4n) is 2.54. The zero-order valence-corrected chi connectivity index (χ0v) is 12.7. The molecule has 1 N–H and O–H groups in total. The molecule has 1 atom stereocenters. The lowest BCUT2D eigenvalue weighted by Gasteiger charge is -2.25. The van der Waals surface area contributed by atoms with Gasteiger partial charge in [0.2, 0.25) is 0 Å². The van der Waals surface area contributed by atoms with Crippen LogP contribution in [0.3, 0.4) is 0 Å². The van der Waals surface area contributed by atoms with Gasteiger partial charge >= 0.3 is 12.0 Å². The van der Waals surface area contributed by atoms with E-state index < -0.39 is 5.97 Å². The van der Waals surface area contributed by atoms with E-state index in [9.17, 15) is 9.59 Å². The molecule has 1 fully saturated rings. The topological polar surface area (TPSA) is 58.6 Å². The van der Waals surface area contributed by atoms with Gasteiger partial charge in [0.1, 0.15) is 6.54 Å². The third-order valence-corrected chi connectivity index (χ3v) is 3.81. The van der Waals surface area contributed by atoms with Crippen LogP contribution in [-0.4, -0.2) is 36.6 Å². The number of ether oxygens (including phenoxy) is 1.